The lowest BCUT2D eigenvalue weighted by atomic mass is 10.0. The van der Waals surface area contributed by atoms with Crippen molar-refractivity contribution in [3.8, 4) is 0 Å². The molecule has 1 aliphatic rings. The van der Waals surface area contributed by atoms with Crippen LogP contribution in [-0.2, 0) is 22.2 Å². The standard InChI is InChI=1S/C18H18N2O3S/c1-12-10-13-6-2-3-7-14(13)18(12)20-24(21,22)11-16-15-8-4-5-9-17(15)23-19-16/h2-9,12,18,20H,10-11H2,1H3/t12-,18+/m0/s1. The highest BCUT2D eigenvalue weighted by atomic mass is 32.2. The van der Waals surface area contributed by atoms with Crippen molar-refractivity contribution in [1.29, 1.82) is 0 Å². The van der Waals surface area contributed by atoms with Gasteiger partial charge >= 0.3 is 0 Å². The van der Waals surface area contributed by atoms with E-state index in [0.717, 1.165) is 17.4 Å². The first-order chi connectivity index (χ1) is 11.5. The van der Waals surface area contributed by atoms with Crippen LogP contribution >= 0.6 is 0 Å². The first-order valence-corrected chi connectivity index (χ1v) is 9.60. The van der Waals surface area contributed by atoms with Gasteiger partial charge in [0.1, 0.15) is 11.4 Å². The number of benzene rings is 2. The maximum atomic E-state index is 12.7. The van der Waals surface area contributed by atoms with Crippen molar-refractivity contribution in [3.05, 3.63) is 65.4 Å². The van der Waals surface area contributed by atoms with Crippen LogP contribution in [0.1, 0.15) is 29.8 Å². The van der Waals surface area contributed by atoms with E-state index in [1.54, 1.807) is 6.07 Å². The van der Waals surface area contributed by atoms with Crippen LogP contribution in [-0.4, -0.2) is 13.6 Å². The third-order valence-electron chi connectivity index (χ3n) is 4.59. The van der Waals surface area contributed by atoms with Gasteiger partial charge < -0.3 is 4.52 Å². The number of nitrogens with zero attached hydrogens (tertiary/aromatic N) is 1. The highest BCUT2D eigenvalue weighted by Gasteiger charge is 2.32. The summed E-state index contributed by atoms with van der Waals surface area (Å²) in [6.07, 6.45) is 0.885. The summed E-state index contributed by atoms with van der Waals surface area (Å²) in [4.78, 5) is 0. The molecule has 4 rings (SSSR count). The Hall–Kier alpha value is -2.18. The van der Waals surface area contributed by atoms with Gasteiger partial charge in [-0.2, -0.15) is 0 Å². The van der Waals surface area contributed by atoms with E-state index in [1.807, 2.05) is 36.4 Å². The molecule has 0 saturated heterocycles. The molecule has 1 aliphatic carbocycles. The second-order valence-electron chi connectivity index (χ2n) is 6.36. The van der Waals surface area contributed by atoms with E-state index >= 15 is 0 Å². The Morgan fingerprint density at radius 3 is 2.79 bits per heavy atom. The third kappa shape index (κ3) is 2.72. The molecule has 124 valence electrons. The quantitative estimate of drug-likeness (QED) is 0.790. The van der Waals surface area contributed by atoms with E-state index in [1.165, 1.54) is 5.56 Å². The monoisotopic (exact) mass is 342 g/mol. The Balaban J connectivity index is 1.60. The molecule has 0 bridgehead atoms. The fourth-order valence-corrected chi connectivity index (χ4v) is 4.83. The van der Waals surface area contributed by atoms with Crippen molar-refractivity contribution < 1.29 is 12.9 Å². The van der Waals surface area contributed by atoms with Crippen LogP contribution in [0.3, 0.4) is 0 Å². The Labute approximate surface area is 140 Å². The van der Waals surface area contributed by atoms with Gasteiger partial charge in [-0.1, -0.05) is 48.5 Å². The molecule has 0 radical (unpaired) electrons. The lowest BCUT2D eigenvalue weighted by molar-refractivity contribution is 0.445. The summed E-state index contributed by atoms with van der Waals surface area (Å²) in [5.41, 5.74) is 3.32. The minimum absolute atomic E-state index is 0.185. The van der Waals surface area contributed by atoms with Crippen LogP contribution in [0, 0.1) is 5.92 Å². The number of nitrogens with one attached hydrogen (secondary N) is 1. The predicted octanol–water partition coefficient (Wildman–Crippen LogP) is 3.18. The fourth-order valence-electron chi connectivity index (χ4n) is 3.43. The van der Waals surface area contributed by atoms with Crippen molar-refractivity contribution in [3.63, 3.8) is 0 Å². The lowest BCUT2D eigenvalue weighted by Gasteiger charge is -2.18. The summed E-state index contributed by atoms with van der Waals surface area (Å²) in [5.74, 6) is 0.0429. The van der Waals surface area contributed by atoms with Gasteiger partial charge in [0.25, 0.3) is 0 Å². The van der Waals surface area contributed by atoms with Gasteiger partial charge in [-0.25, -0.2) is 13.1 Å². The zero-order chi connectivity index (χ0) is 16.7. The van der Waals surface area contributed by atoms with E-state index in [0.29, 0.717) is 11.3 Å². The second-order valence-corrected chi connectivity index (χ2v) is 8.11. The molecule has 0 amide bonds. The molecule has 0 spiro atoms. The molecule has 0 aliphatic heterocycles. The minimum Gasteiger partial charge on any atom is -0.356 e. The fraction of sp³-hybridized carbons (Fsp3) is 0.278. The molecular weight excluding hydrogens is 324 g/mol. The summed E-state index contributed by atoms with van der Waals surface area (Å²) in [7, 11) is -3.53. The van der Waals surface area contributed by atoms with Gasteiger partial charge in [0.15, 0.2) is 5.58 Å². The van der Waals surface area contributed by atoms with Gasteiger partial charge in [-0.3, -0.25) is 0 Å². The van der Waals surface area contributed by atoms with Crippen LogP contribution in [0.15, 0.2) is 53.1 Å². The third-order valence-corrected chi connectivity index (χ3v) is 5.85. The van der Waals surface area contributed by atoms with E-state index in [-0.39, 0.29) is 17.7 Å². The summed E-state index contributed by atoms with van der Waals surface area (Å²) in [5, 5.41) is 4.66. The molecule has 3 aromatic rings. The van der Waals surface area contributed by atoms with Crippen molar-refractivity contribution >= 4 is 21.0 Å². The van der Waals surface area contributed by atoms with Crippen molar-refractivity contribution in [1.82, 2.24) is 9.88 Å². The van der Waals surface area contributed by atoms with E-state index in [4.69, 9.17) is 4.52 Å². The Kier molecular flexibility index (Phi) is 3.66. The number of rotatable bonds is 4. The van der Waals surface area contributed by atoms with Crippen LogP contribution in [0.2, 0.25) is 0 Å². The molecule has 1 N–H and O–H groups in total. The molecule has 2 aromatic carbocycles. The number of sulfonamides is 1. The van der Waals surface area contributed by atoms with Gasteiger partial charge in [0.05, 0.1) is 0 Å². The largest absolute Gasteiger partial charge is 0.356 e. The zero-order valence-electron chi connectivity index (χ0n) is 13.3. The van der Waals surface area contributed by atoms with Gasteiger partial charge in [-0.05, 0) is 35.6 Å². The normalized spacial score (nSPS) is 20.4. The molecule has 6 heteroatoms. The first kappa shape index (κ1) is 15.4. The zero-order valence-corrected chi connectivity index (χ0v) is 14.1. The summed E-state index contributed by atoms with van der Waals surface area (Å²) in [6, 6.07) is 15.1. The second kappa shape index (κ2) is 5.72. The molecule has 2 atom stereocenters. The average Bonchev–Trinajstić information content (AvgIpc) is 3.09. The van der Waals surface area contributed by atoms with Crippen molar-refractivity contribution in [2.24, 2.45) is 5.92 Å². The highest BCUT2D eigenvalue weighted by Crippen LogP contribution is 2.36. The lowest BCUT2D eigenvalue weighted by Crippen LogP contribution is -2.31. The molecule has 1 heterocycles. The smallest absolute Gasteiger partial charge is 0.218 e. The molecule has 5 nitrogen and oxygen atoms in total. The van der Waals surface area contributed by atoms with Crippen molar-refractivity contribution in [2.45, 2.75) is 25.1 Å². The number of hydrogen-bond donors (Lipinski definition) is 1. The summed E-state index contributed by atoms with van der Waals surface area (Å²) < 4.78 is 33.4. The van der Waals surface area contributed by atoms with Crippen molar-refractivity contribution in [2.75, 3.05) is 0 Å². The molecule has 0 unspecified atom stereocenters. The predicted molar refractivity (Wildman–Crippen MR) is 91.8 cm³/mol. The topological polar surface area (TPSA) is 72.2 Å². The molecule has 24 heavy (non-hydrogen) atoms. The first-order valence-electron chi connectivity index (χ1n) is 7.94. The van der Waals surface area contributed by atoms with Crippen LogP contribution in [0.25, 0.3) is 11.0 Å². The summed E-state index contributed by atoms with van der Waals surface area (Å²) >= 11 is 0. The van der Waals surface area contributed by atoms with Gasteiger partial charge in [-0.15, -0.1) is 0 Å². The minimum atomic E-state index is -3.53. The maximum absolute atomic E-state index is 12.7. The molecular formula is C18H18N2O3S. The molecule has 1 aromatic heterocycles. The number of para-hydroxylation sites is 1. The van der Waals surface area contributed by atoms with E-state index < -0.39 is 10.0 Å². The number of aromatic nitrogens is 1. The van der Waals surface area contributed by atoms with Crippen LogP contribution < -0.4 is 4.72 Å². The molecule has 0 saturated carbocycles. The number of fused-ring (bicyclic) bond motifs is 2. The Morgan fingerprint density at radius 2 is 1.92 bits per heavy atom. The Bertz CT molecular complexity index is 994. The maximum Gasteiger partial charge on any atom is 0.218 e. The van der Waals surface area contributed by atoms with E-state index in [2.05, 4.69) is 22.9 Å². The van der Waals surface area contributed by atoms with Gasteiger partial charge in [0.2, 0.25) is 10.0 Å². The average molecular weight is 342 g/mol. The highest BCUT2D eigenvalue weighted by molar-refractivity contribution is 7.88. The van der Waals surface area contributed by atoms with Gasteiger partial charge in [0, 0.05) is 11.4 Å². The van der Waals surface area contributed by atoms with Crippen LogP contribution in [0.5, 0.6) is 0 Å². The SMILES string of the molecule is C[C@H]1Cc2ccccc2[C@@H]1NS(=O)(=O)Cc1noc2ccccc12. The summed E-state index contributed by atoms with van der Waals surface area (Å²) in [6.45, 7) is 2.07. The number of hydrogen-bond acceptors (Lipinski definition) is 4. The van der Waals surface area contributed by atoms with E-state index in [9.17, 15) is 8.42 Å². The molecule has 0 fully saturated rings. The Morgan fingerprint density at radius 1 is 1.17 bits per heavy atom. The van der Waals surface area contributed by atoms with Crippen LogP contribution in [0.4, 0.5) is 0 Å².